The van der Waals surface area contributed by atoms with Crippen LogP contribution in [0.2, 0.25) is 0 Å². The molecule has 1 saturated carbocycles. The maximum absolute atomic E-state index is 4.40. The van der Waals surface area contributed by atoms with Gasteiger partial charge in [0, 0.05) is 18.4 Å². The summed E-state index contributed by atoms with van der Waals surface area (Å²) in [6.45, 7) is 10.3. The first-order chi connectivity index (χ1) is 9.52. The molecule has 1 aliphatic rings. The Labute approximate surface area is 124 Å². The lowest BCUT2D eigenvalue weighted by Gasteiger charge is -2.38. The molecular weight excluding hydrogens is 244 g/mol. The fourth-order valence-electron chi connectivity index (χ4n) is 3.36. The minimum atomic E-state index is 0.485. The van der Waals surface area contributed by atoms with Crippen LogP contribution in [0.3, 0.4) is 0 Å². The Hall–Kier alpha value is -0.890. The maximum Gasteiger partial charge on any atom is 0.0364 e. The summed E-state index contributed by atoms with van der Waals surface area (Å²) >= 11 is 0. The number of aromatic nitrogens is 1. The first-order valence-electron chi connectivity index (χ1n) is 8.17. The second-order valence-electron chi connectivity index (χ2n) is 7.23. The highest BCUT2D eigenvalue weighted by molar-refractivity contribution is 5.21. The molecule has 2 nitrogen and oxygen atoms in total. The Morgan fingerprint density at radius 3 is 2.60 bits per heavy atom. The van der Waals surface area contributed by atoms with E-state index in [4.69, 9.17) is 0 Å². The summed E-state index contributed by atoms with van der Waals surface area (Å²) in [4.78, 5) is 4.40. The van der Waals surface area contributed by atoms with Crippen LogP contribution in [0.1, 0.15) is 70.0 Å². The molecule has 1 aromatic heterocycles. The van der Waals surface area contributed by atoms with Gasteiger partial charge in [-0.15, -0.1) is 0 Å². The minimum absolute atomic E-state index is 0.485. The molecule has 2 heteroatoms. The molecule has 0 aliphatic heterocycles. The SMILES string of the molecule is CCCNC(c1cncc(C)c1)C1CCC(C)(C)CC1. The number of hydrogen-bond acceptors (Lipinski definition) is 2. The highest BCUT2D eigenvalue weighted by Crippen LogP contribution is 2.42. The smallest absolute Gasteiger partial charge is 0.0364 e. The van der Waals surface area contributed by atoms with Crippen LogP contribution < -0.4 is 5.32 Å². The topological polar surface area (TPSA) is 24.9 Å². The standard InChI is InChI=1S/C18H30N2/c1-5-10-20-17(16-11-14(2)12-19-13-16)15-6-8-18(3,4)9-7-15/h11-13,15,17,20H,5-10H2,1-4H3. The third-order valence-electron chi connectivity index (χ3n) is 4.72. The van der Waals surface area contributed by atoms with E-state index in [-0.39, 0.29) is 0 Å². The summed E-state index contributed by atoms with van der Waals surface area (Å²) < 4.78 is 0. The van der Waals surface area contributed by atoms with E-state index in [0.29, 0.717) is 11.5 Å². The first-order valence-corrected chi connectivity index (χ1v) is 8.17. The van der Waals surface area contributed by atoms with Crippen LogP contribution in [0, 0.1) is 18.3 Å². The van der Waals surface area contributed by atoms with Gasteiger partial charge in [-0.1, -0.05) is 26.8 Å². The van der Waals surface area contributed by atoms with Gasteiger partial charge < -0.3 is 5.32 Å². The molecule has 0 bridgehead atoms. The van der Waals surface area contributed by atoms with E-state index >= 15 is 0 Å². The summed E-state index contributed by atoms with van der Waals surface area (Å²) in [5.74, 6) is 0.762. The third kappa shape index (κ3) is 4.05. The summed E-state index contributed by atoms with van der Waals surface area (Å²) in [5.41, 5.74) is 3.18. The van der Waals surface area contributed by atoms with Crippen molar-refractivity contribution >= 4 is 0 Å². The molecule has 1 aliphatic carbocycles. The zero-order valence-electron chi connectivity index (χ0n) is 13.6. The second kappa shape index (κ2) is 6.71. The molecule has 1 fully saturated rings. The van der Waals surface area contributed by atoms with Gasteiger partial charge in [0.1, 0.15) is 0 Å². The van der Waals surface area contributed by atoms with Crippen LogP contribution in [0.15, 0.2) is 18.5 Å². The lowest BCUT2D eigenvalue weighted by atomic mass is 9.70. The number of hydrogen-bond donors (Lipinski definition) is 1. The van der Waals surface area contributed by atoms with Gasteiger partial charge in [-0.3, -0.25) is 4.98 Å². The van der Waals surface area contributed by atoms with E-state index in [0.717, 1.165) is 12.5 Å². The van der Waals surface area contributed by atoms with E-state index < -0.39 is 0 Å². The monoisotopic (exact) mass is 274 g/mol. The predicted molar refractivity (Wildman–Crippen MR) is 85.7 cm³/mol. The molecule has 20 heavy (non-hydrogen) atoms. The lowest BCUT2D eigenvalue weighted by molar-refractivity contribution is 0.161. The van der Waals surface area contributed by atoms with Crippen molar-refractivity contribution < 1.29 is 0 Å². The minimum Gasteiger partial charge on any atom is -0.310 e. The molecule has 0 spiro atoms. The van der Waals surface area contributed by atoms with E-state index in [1.54, 1.807) is 0 Å². The van der Waals surface area contributed by atoms with Crippen LogP contribution in [-0.2, 0) is 0 Å². The summed E-state index contributed by atoms with van der Waals surface area (Å²) in [7, 11) is 0. The molecular formula is C18H30N2. The summed E-state index contributed by atoms with van der Waals surface area (Å²) in [6, 6.07) is 2.79. The zero-order chi connectivity index (χ0) is 14.6. The molecule has 2 rings (SSSR count). The van der Waals surface area contributed by atoms with Crippen molar-refractivity contribution in [2.24, 2.45) is 11.3 Å². The van der Waals surface area contributed by atoms with Gasteiger partial charge in [-0.2, -0.15) is 0 Å². The quantitative estimate of drug-likeness (QED) is 0.845. The normalized spacial score (nSPS) is 20.8. The fourth-order valence-corrected chi connectivity index (χ4v) is 3.36. The molecule has 0 amide bonds. The van der Waals surface area contributed by atoms with Gasteiger partial charge in [0.25, 0.3) is 0 Å². The van der Waals surface area contributed by atoms with Gasteiger partial charge in [-0.25, -0.2) is 0 Å². The van der Waals surface area contributed by atoms with Gasteiger partial charge in [0.15, 0.2) is 0 Å². The molecule has 0 radical (unpaired) electrons. The highest BCUT2D eigenvalue weighted by atomic mass is 14.9. The Morgan fingerprint density at radius 1 is 1.30 bits per heavy atom. The maximum atomic E-state index is 4.40. The third-order valence-corrected chi connectivity index (χ3v) is 4.72. The van der Waals surface area contributed by atoms with Gasteiger partial charge in [0.2, 0.25) is 0 Å². The van der Waals surface area contributed by atoms with Crippen LogP contribution in [0.25, 0.3) is 0 Å². The van der Waals surface area contributed by atoms with Crippen molar-refractivity contribution in [2.75, 3.05) is 6.54 Å². The Morgan fingerprint density at radius 2 is 2.00 bits per heavy atom. The molecule has 1 heterocycles. The van der Waals surface area contributed by atoms with E-state index in [9.17, 15) is 0 Å². The van der Waals surface area contributed by atoms with Crippen molar-refractivity contribution in [3.63, 3.8) is 0 Å². The van der Waals surface area contributed by atoms with Crippen molar-refractivity contribution in [3.8, 4) is 0 Å². The Balaban J connectivity index is 2.11. The van der Waals surface area contributed by atoms with Crippen molar-refractivity contribution in [1.29, 1.82) is 0 Å². The van der Waals surface area contributed by atoms with Crippen LogP contribution in [0.4, 0.5) is 0 Å². The van der Waals surface area contributed by atoms with Crippen molar-refractivity contribution in [2.45, 2.75) is 65.8 Å². The molecule has 1 unspecified atom stereocenters. The summed E-state index contributed by atoms with van der Waals surface area (Å²) in [5, 5.41) is 3.77. The van der Waals surface area contributed by atoms with Crippen molar-refractivity contribution in [1.82, 2.24) is 10.3 Å². The molecule has 1 aromatic rings. The van der Waals surface area contributed by atoms with E-state index in [1.807, 2.05) is 6.20 Å². The first kappa shape index (κ1) is 15.5. The fraction of sp³-hybridized carbons (Fsp3) is 0.722. The highest BCUT2D eigenvalue weighted by Gasteiger charge is 2.31. The second-order valence-corrected chi connectivity index (χ2v) is 7.23. The predicted octanol–water partition coefficient (Wildman–Crippen LogP) is 4.65. The number of rotatable bonds is 5. The van der Waals surface area contributed by atoms with Crippen molar-refractivity contribution in [3.05, 3.63) is 29.6 Å². The van der Waals surface area contributed by atoms with E-state index in [2.05, 4.69) is 50.3 Å². The average Bonchev–Trinajstić information content (AvgIpc) is 2.41. The summed E-state index contributed by atoms with van der Waals surface area (Å²) in [6.07, 6.45) is 10.6. The Bertz CT molecular complexity index is 415. The molecule has 112 valence electrons. The lowest BCUT2D eigenvalue weighted by Crippen LogP contribution is -2.33. The average molecular weight is 274 g/mol. The molecule has 0 aromatic carbocycles. The largest absolute Gasteiger partial charge is 0.310 e. The number of pyridine rings is 1. The van der Waals surface area contributed by atoms with Gasteiger partial charge >= 0.3 is 0 Å². The number of nitrogens with one attached hydrogen (secondary N) is 1. The van der Waals surface area contributed by atoms with Crippen LogP contribution in [-0.4, -0.2) is 11.5 Å². The molecule has 1 N–H and O–H groups in total. The van der Waals surface area contributed by atoms with Crippen LogP contribution >= 0.6 is 0 Å². The number of aryl methyl sites for hydroxylation is 1. The van der Waals surface area contributed by atoms with E-state index in [1.165, 1.54) is 43.2 Å². The molecule has 1 atom stereocenters. The van der Waals surface area contributed by atoms with Gasteiger partial charge in [-0.05, 0) is 68.0 Å². The zero-order valence-corrected chi connectivity index (χ0v) is 13.6. The molecule has 0 saturated heterocycles. The van der Waals surface area contributed by atoms with Crippen LogP contribution in [0.5, 0.6) is 0 Å². The van der Waals surface area contributed by atoms with Gasteiger partial charge in [0.05, 0.1) is 0 Å². The number of nitrogens with zero attached hydrogens (tertiary/aromatic N) is 1. The Kier molecular flexibility index (Phi) is 5.20.